The first-order chi connectivity index (χ1) is 18.2. The second-order valence-electron chi connectivity index (χ2n) is 10.3. The molecule has 5 aromatic rings. The van der Waals surface area contributed by atoms with Crippen molar-refractivity contribution < 1.29 is 4.42 Å². The van der Waals surface area contributed by atoms with Crippen LogP contribution < -0.4 is 0 Å². The number of rotatable bonds is 6. The zero-order valence-corrected chi connectivity index (χ0v) is 21.6. The molecule has 0 N–H and O–H groups in total. The van der Waals surface area contributed by atoms with Crippen molar-refractivity contribution in [2.45, 2.75) is 26.4 Å². The Labute approximate surface area is 220 Å². The van der Waals surface area contributed by atoms with Gasteiger partial charge in [-0.15, -0.1) is 0 Å². The molecule has 3 nitrogen and oxygen atoms in total. The van der Waals surface area contributed by atoms with E-state index in [2.05, 4.69) is 120 Å². The van der Waals surface area contributed by atoms with E-state index in [1.165, 1.54) is 45.2 Å². The Morgan fingerprint density at radius 2 is 1.32 bits per heavy atom. The Morgan fingerprint density at radius 1 is 0.622 bits per heavy atom. The minimum absolute atomic E-state index is 0.864. The molecule has 0 unspecified atom stereocenters. The molecular formula is C34H34N2O. The zero-order valence-electron chi connectivity index (χ0n) is 21.6. The first kappa shape index (κ1) is 23.7. The van der Waals surface area contributed by atoms with Gasteiger partial charge >= 0.3 is 0 Å². The Hall–Kier alpha value is -3.66. The van der Waals surface area contributed by atoms with Crippen LogP contribution in [-0.2, 0) is 13.1 Å². The van der Waals surface area contributed by atoms with Crippen LogP contribution in [0.5, 0.6) is 0 Å². The molecule has 0 atom stereocenters. The average molecular weight is 487 g/mol. The molecule has 3 heteroatoms. The molecule has 6 rings (SSSR count). The zero-order chi connectivity index (χ0) is 25.0. The molecule has 186 valence electrons. The molecule has 1 aliphatic heterocycles. The summed E-state index contributed by atoms with van der Waals surface area (Å²) < 4.78 is 6.25. The highest BCUT2D eigenvalue weighted by Gasteiger charge is 2.18. The number of aryl methyl sites for hydroxylation is 1. The molecule has 1 aliphatic rings. The molecule has 1 saturated heterocycles. The highest BCUT2D eigenvalue weighted by Crippen LogP contribution is 2.28. The highest BCUT2D eigenvalue weighted by molar-refractivity contribution is 5.84. The van der Waals surface area contributed by atoms with Gasteiger partial charge in [0.25, 0.3) is 0 Å². The molecular weight excluding hydrogens is 452 g/mol. The molecule has 0 aliphatic carbocycles. The molecule has 0 amide bonds. The van der Waals surface area contributed by atoms with Crippen molar-refractivity contribution in [1.82, 2.24) is 9.80 Å². The van der Waals surface area contributed by atoms with Crippen LogP contribution in [0, 0.1) is 6.92 Å². The Balaban J connectivity index is 1.11. The fraction of sp³-hybridized carbons (Fsp3) is 0.235. The maximum atomic E-state index is 6.25. The lowest BCUT2D eigenvalue weighted by Crippen LogP contribution is -2.30. The van der Waals surface area contributed by atoms with Gasteiger partial charge in [0.15, 0.2) is 0 Å². The van der Waals surface area contributed by atoms with Crippen molar-refractivity contribution in [3.05, 3.63) is 120 Å². The number of fused-ring (bicyclic) bond motifs is 1. The summed E-state index contributed by atoms with van der Waals surface area (Å²) >= 11 is 0. The Morgan fingerprint density at radius 3 is 2.14 bits per heavy atom. The van der Waals surface area contributed by atoms with E-state index in [1.807, 2.05) is 0 Å². The van der Waals surface area contributed by atoms with Crippen molar-refractivity contribution in [2.75, 3.05) is 26.2 Å². The van der Waals surface area contributed by atoms with Gasteiger partial charge in [0.1, 0.15) is 11.3 Å². The topological polar surface area (TPSA) is 19.6 Å². The summed E-state index contributed by atoms with van der Waals surface area (Å²) in [6, 6.07) is 37.1. The Kier molecular flexibility index (Phi) is 6.90. The largest absolute Gasteiger partial charge is 0.460 e. The van der Waals surface area contributed by atoms with Gasteiger partial charge in [-0.2, -0.15) is 0 Å². The molecule has 2 heterocycles. The summed E-state index contributed by atoms with van der Waals surface area (Å²) in [5.74, 6) is 1.05. The van der Waals surface area contributed by atoms with Crippen molar-refractivity contribution in [1.29, 1.82) is 0 Å². The van der Waals surface area contributed by atoms with E-state index in [0.29, 0.717) is 0 Å². The third-order valence-corrected chi connectivity index (χ3v) is 7.51. The number of hydrogen-bond acceptors (Lipinski definition) is 3. The van der Waals surface area contributed by atoms with E-state index in [-0.39, 0.29) is 0 Å². The van der Waals surface area contributed by atoms with Gasteiger partial charge in [0, 0.05) is 25.0 Å². The van der Waals surface area contributed by atoms with E-state index < -0.39 is 0 Å². The normalized spacial score (nSPS) is 15.2. The first-order valence-corrected chi connectivity index (χ1v) is 13.4. The molecule has 0 radical (unpaired) electrons. The molecule has 4 aromatic carbocycles. The van der Waals surface area contributed by atoms with Crippen LogP contribution in [-0.4, -0.2) is 36.0 Å². The maximum Gasteiger partial charge on any atom is 0.134 e. The minimum Gasteiger partial charge on any atom is -0.460 e. The summed E-state index contributed by atoms with van der Waals surface area (Å²) in [5, 5.41) is 1.18. The molecule has 0 spiro atoms. The third-order valence-electron chi connectivity index (χ3n) is 7.51. The van der Waals surface area contributed by atoms with Crippen molar-refractivity contribution in [2.24, 2.45) is 0 Å². The lowest BCUT2D eigenvalue weighted by atomic mass is 9.99. The average Bonchev–Trinajstić information content (AvgIpc) is 3.21. The van der Waals surface area contributed by atoms with E-state index in [0.717, 1.165) is 50.6 Å². The van der Waals surface area contributed by atoms with Crippen LogP contribution in [0.15, 0.2) is 108 Å². The van der Waals surface area contributed by atoms with Crippen LogP contribution in [0.4, 0.5) is 0 Å². The van der Waals surface area contributed by atoms with Gasteiger partial charge in [-0.25, -0.2) is 0 Å². The standard InChI is InChI=1S/C34H34N2O/c1-26-12-14-27(15-13-26)29-16-17-34-31(22-29)23-32(37-34)25-36-19-7-18-35(20-21-36)24-30-10-5-6-11-33(30)28-8-3-2-4-9-28/h2-6,8-17,22-23H,7,18-21,24-25H2,1H3. The first-order valence-electron chi connectivity index (χ1n) is 13.4. The quantitative estimate of drug-likeness (QED) is 0.244. The van der Waals surface area contributed by atoms with Gasteiger partial charge < -0.3 is 4.42 Å². The van der Waals surface area contributed by atoms with E-state index in [4.69, 9.17) is 4.42 Å². The third kappa shape index (κ3) is 5.53. The van der Waals surface area contributed by atoms with E-state index >= 15 is 0 Å². The molecule has 1 aromatic heterocycles. The molecule has 37 heavy (non-hydrogen) atoms. The second-order valence-corrected chi connectivity index (χ2v) is 10.3. The van der Waals surface area contributed by atoms with E-state index in [9.17, 15) is 0 Å². The fourth-order valence-corrected chi connectivity index (χ4v) is 5.46. The predicted octanol–water partition coefficient (Wildman–Crippen LogP) is 7.78. The van der Waals surface area contributed by atoms with E-state index in [1.54, 1.807) is 0 Å². The van der Waals surface area contributed by atoms with Gasteiger partial charge in [0.05, 0.1) is 6.54 Å². The summed E-state index contributed by atoms with van der Waals surface area (Å²) in [6.07, 6.45) is 1.17. The Bertz CT molecular complexity index is 1470. The number of benzene rings is 4. The predicted molar refractivity (Wildman–Crippen MR) is 153 cm³/mol. The number of furan rings is 1. The molecule has 1 fully saturated rings. The molecule has 0 saturated carbocycles. The van der Waals surface area contributed by atoms with Gasteiger partial charge in [0.2, 0.25) is 0 Å². The highest BCUT2D eigenvalue weighted by atomic mass is 16.3. The SMILES string of the molecule is Cc1ccc(-c2ccc3oc(CN4CCCN(Cc5ccccc5-c5ccccc5)CC4)cc3c2)cc1. The van der Waals surface area contributed by atoms with Gasteiger partial charge in [-0.1, -0.05) is 90.5 Å². The monoisotopic (exact) mass is 486 g/mol. The summed E-state index contributed by atoms with van der Waals surface area (Å²) in [7, 11) is 0. The maximum absolute atomic E-state index is 6.25. The minimum atomic E-state index is 0.864. The molecule has 0 bridgehead atoms. The van der Waals surface area contributed by atoms with Gasteiger partial charge in [-0.05, 0) is 72.5 Å². The van der Waals surface area contributed by atoms with Crippen LogP contribution in [0.3, 0.4) is 0 Å². The lowest BCUT2D eigenvalue weighted by Gasteiger charge is -2.22. The van der Waals surface area contributed by atoms with Crippen LogP contribution in [0.2, 0.25) is 0 Å². The summed E-state index contributed by atoms with van der Waals surface area (Å²) in [4.78, 5) is 5.15. The van der Waals surface area contributed by atoms with Crippen LogP contribution in [0.1, 0.15) is 23.3 Å². The summed E-state index contributed by atoms with van der Waals surface area (Å²) in [6.45, 7) is 8.33. The van der Waals surface area contributed by atoms with Gasteiger partial charge in [-0.3, -0.25) is 9.80 Å². The van der Waals surface area contributed by atoms with Crippen molar-refractivity contribution >= 4 is 11.0 Å². The number of hydrogen-bond donors (Lipinski definition) is 0. The summed E-state index contributed by atoms with van der Waals surface area (Å²) in [5.41, 5.74) is 8.79. The van der Waals surface area contributed by atoms with Crippen LogP contribution in [0.25, 0.3) is 33.2 Å². The lowest BCUT2D eigenvalue weighted by molar-refractivity contribution is 0.236. The smallest absolute Gasteiger partial charge is 0.134 e. The fourth-order valence-electron chi connectivity index (χ4n) is 5.46. The van der Waals surface area contributed by atoms with Crippen molar-refractivity contribution in [3.63, 3.8) is 0 Å². The number of nitrogens with zero attached hydrogens (tertiary/aromatic N) is 2. The second kappa shape index (κ2) is 10.8. The van der Waals surface area contributed by atoms with Crippen LogP contribution >= 0.6 is 0 Å². The van der Waals surface area contributed by atoms with Crippen molar-refractivity contribution in [3.8, 4) is 22.3 Å².